The summed E-state index contributed by atoms with van der Waals surface area (Å²) in [6.45, 7) is 1.44. The van der Waals surface area contributed by atoms with Gasteiger partial charge in [0, 0.05) is 12.6 Å². The minimum atomic E-state index is -0.500. The zero-order valence-corrected chi connectivity index (χ0v) is 9.99. The number of nitrogens with zero attached hydrogens (tertiary/aromatic N) is 1. The van der Waals surface area contributed by atoms with Crippen LogP contribution in [0, 0.1) is 12.7 Å². The smallest absolute Gasteiger partial charge is 0.325 e. The zero-order chi connectivity index (χ0) is 13.0. The van der Waals surface area contributed by atoms with Crippen molar-refractivity contribution in [2.45, 2.75) is 6.92 Å². The van der Waals surface area contributed by atoms with Crippen molar-refractivity contribution in [3.63, 3.8) is 0 Å². The van der Waals surface area contributed by atoms with E-state index in [0.29, 0.717) is 11.1 Å². The maximum Gasteiger partial charge on any atom is 0.325 e. The summed E-state index contributed by atoms with van der Waals surface area (Å²) in [6.07, 6.45) is 0. The van der Waals surface area contributed by atoms with E-state index >= 15 is 0 Å². The first-order chi connectivity index (χ1) is 7.95. The van der Waals surface area contributed by atoms with Crippen molar-refractivity contribution in [1.82, 2.24) is 4.90 Å². The molecule has 0 spiro atoms. The van der Waals surface area contributed by atoms with Gasteiger partial charge in [0.15, 0.2) is 0 Å². The molecule has 1 rings (SSSR count). The largest absolute Gasteiger partial charge is 0.468 e. The lowest BCUT2D eigenvalue weighted by Gasteiger charge is -2.15. The molecule has 17 heavy (non-hydrogen) atoms. The number of amides is 1. The third kappa shape index (κ3) is 3.27. The molecule has 1 aromatic rings. The highest BCUT2D eigenvalue weighted by molar-refractivity contribution is 5.95. The van der Waals surface area contributed by atoms with Gasteiger partial charge in [-0.25, -0.2) is 4.39 Å². The number of aryl methyl sites for hydroxylation is 1. The van der Waals surface area contributed by atoms with E-state index < -0.39 is 5.97 Å². The number of likely N-dealkylation sites (N-methyl/N-ethyl adjacent to an activating group) is 1. The molecular formula is C12H14FNO3. The average Bonchev–Trinajstić information content (AvgIpc) is 2.31. The van der Waals surface area contributed by atoms with E-state index in [4.69, 9.17) is 0 Å². The lowest BCUT2D eigenvalue weighted by Crippen LogP contribution is -2.32. The number of hydrogen-bond donors (Lipinski definition) is 0. The lowest BCUT2D eigenvalue weighted by molar-refractivity contribution is -0.141. The van der Waals surface area contributed by atoms with Crippen molar-refractivity contribution >= 4 is 11.9 Å². The Morgan fingerprint density at radius 2 is 2.06 bits per heavy atom. The molecule has 0 unspecified atom stereocenters. The maximum atomic E-state index is 13.0. The quantitative estimate of drug-likeness (QED) is 0.749. The van der Waals surface area contributed by atoms with Crippen LogP contribution in [-0.2, 0) is 9.53 Å². The van der Waals surface area contributed by atoms with Gasteiger partial charge in [-0.2, -0.15) is 0 Å². The standard InChI is InChI=1S/C12H14FNO3/c1-8-6-9(4-5-10(8)13)12(16)14(2)7-11(15)17-3/h4-6H,7H2,1-3H3. The van der Waals surface area contributed by atoms with Gasteiger partial charge < -0.3 is 9.64 Å². The van der Waals surface area contributed by atoms with E-state index in [2.05, 4.69) is 4.74 Å². The number of esters is 1. The normalized spacial score (nSPS) is 9.88. The van der Waals surface area contributed by atoms with Crippen LogP contribution in [0.3, 0.4) is 0 Å². The van der Waals surface area contributed by atoms with E-state index in [1.54, 1.807) is 6.92 Å². The topological polar surface area (TPSA) is 46.6 Å². The second kappa shape index (κ2) is 5.43. The van der Waals surface area contributed by atoms with Crippen LogP contribution in [-0.4, -0.2) is 37.5 Å². The lowest BCUT2D eigenvalue weighted by atomic mass is 10.1. The van der Waals surface area contributed by atoms with Crippen molar-refractivity contribution in [3.8, 4) is 0 Å². The van der Waals surface area contributed by atoms with Crippen LogP contribution in [0.2, 0.25) is 0 Å². The third-order valence-electron chi connectivity index (χ3n) is 2.35. The SMILES string of the molecule is COC(=O)CN(C)C(=O)c1ccc(F)c(C)c1. The predicted molar refractivity (Wildman–Crippen MR) is 60.1 cm³/mol. The molecule has 0 aliphatic heterocycles. The second-order valence-corrected chi connectivity index (χ2v) is 3.70. The number of methoxy groups -OCH3 is 1. The first-order valence-corrected chi connectivity index (χ1v) is 5.04. The van der Waals surface area contributed by atoms with Crippen LogP contribution in [0.4, 0.5) is 4.39 Å². The molecule has 0 heterocycles. The highest BCUT2D eigenvalue weighted by Crippen LogP contribution is 2.11. The highest BCUT2D eigenvalue weighted by atomic mass is 19.1. The Morgan fingerprint density at radius 1 is 1.41 bits per heavy atom. The second-order valence-electron chi connectivity index (χ2n) is 3.70. The Morgan fingerprint density at radius 3 is 2.59 bits per heavy atom. The monoisotopic (exact) mass is 239 g/mol. The predicted octanol–water partition coefficient (Wildman–Crippen LogP) is 1.38. The molecule has 92 valence electrons. The molecule has 0 aromatic heterocycles. The molecule has 5 heteroatoms. The van der Waals surface area contributed by atoms with Gasteiger partial charge in [-0.1, -0.05) is 0 Å². The van der Waals surface area contributed by atoms with Gasteiger partial charge >= 0.3 is 5.97 Å². The van der Waals surface area contributed by atoms with Crippen LogP contribution in [0.5, 0.6) is 0 Å². The van der Waals surface area contributed by atoms with E-state index in [0.717, 1.165) is 0 Å². The van der Waals surface area contributed by atoms with Gasteiger partial charge in [0.25, 0.3) is 5.91 Å². The van der Waals surface area contributed by atoms with Crippen molar-refractivity contribution in [2.24, 2.45) is 0 Å². The first kappa shape index (κ1) is 13.2. The molecular weight excluding hydrogens is 225 g/mol. The van der Waals surface area contributed by atoms with Crippen LogP contribution in [0.15, 0.2) is 18.2 Å². The van der Waals surface area contributed by atoms with E-state index in [1.165, 1.54) is 37.3 Å². The molecule has 0 bridgehead atoms. The number of carbonyl (C=O) groups excluding carboxylic acids is 2. The summed E-state index contributed by atoms with van der Waals surface area (Å²) in [6, 6.07) is 4.07. The number of benzene rings is 1. The number of halogens is 1. The molecule has 0 saturated heterocycles. The minimum Gasteiger partial charge on any atom is -0.468 e. The Balaban J connectivity index is 2.81. The number of hydrogen-bond acceptors (Lipinski definition) is 3. The summed E-state index contributed by atoms with van der Waals surface area (Å²) in [4.78, 5) is 24.1. The van der Waals surface area contributed by atoms with Gasteiger partial charge in [-0.15, -0.1) is 0 Å². The summed E-state index contributed by atoms with van der Waals surface area (Å²) in [5.41, 5.74) is 0.734. The zero-order valence-electron chi connectivity index (χ0n) is 9.99. The van der Waals surface area contributed by atoms with E-state index in [1.807, 2.05) is 0 Å². The molecule has 0 N–H and O–H groups in total. The Labute approximate surface area is 99.0 Å². The molecule has 0 aliphatic rings. The van der Waals surface area contributed by atoms with Gasteiger partial charge in [0.1, 0.15) is 12.4 Å². The van der Waals surface area contributed by atoms with E-state index in [9.17, 15) is 14.0 Å². The van der Waals surface area contributed by atoms with E-state index in [-0.39, 0.29) is 18.3 Å². The molecule has 4 nitrogen and oxygen atoms in total. The fourth-order valence-electron chi connectivity index (χ4n) is 1.33. The molecule has 0 fully saturated rings. The maximum absolute atomic E-state index is 13.0. The number of rotatable bonds is 3. The fraction of sp³-hybridized carbons (Fsp3) is 0.333. The van der Waals surface area contributed by atoms with Gasteiger partial charge in [-0.3, -0.25) is 9.59 Å². The van der Waals surface area contributed by atoms with Gasteiger partial charge in [0.2, 0.25) is 0 Å². The average molecular weight is 239 g/mol. The summed E-state index contributed by atoms with van der Waals surface area (Å²) in [5, 5.41) is 0. The van der Waals surface area contributed by atoms with Crippen LogP contribution >= 0.6 is 0 Å². The van der Waals surface area contributed by atoms with Crippen molar-refractivity contribution < 1.29 is 18.7 Å². The van der Waals surface area contributed by atoms with Crippen LogP contribution in [0.25, 0.3) is 0 Å². The number of carbonyl (C=O) groups is 2. The number of ether oxygens (including phenoxy) is 1. The fourth-order valence-corrected chi connectivity index (χ4v) is 1.33. The Bertz CT molecular complexity index is 445. The first-order valence-electron chi connectivity index (χ1n) is 5.04. The van der Waals surface area contributed by atoms with Crippen molar-refractivity contribution in [1.29, 1.82) is 0 Å². The molecule has 0 saturated carbocycles. The summed E-state index contributed by atoms with van der Waals surface area (Å²) in [7, 11) is 2.74. The van der Waals surface area contributed by atoms with Gasteiger partial charge in [0.05, 0.1) is 7.11 Å². The molecule has 0 atom stereocenters. The van der Waals surface area contributed by atoms with Gasteiger partial charge in [-0.05, 0) is 30.7 Å². The molecule has 1 amide bonds. The molecule has 0 aliphatic carbocycles. The summed E-state index contributed by atoms with van der Waals surface area (Å²) < 4.78 is 17.5. The molecule has 1 aromatic carbocycles. The van der Waals surface area contributed by atoms with Crippen LogP contribution < -0.4 is 0 Å². The molecule has 0 radical (unpaired) electrons. The highest BCUT2D eigenvalue weighted by Gasteiger charge is 2.15. The Hall–Kier alpha value is -1.91. The minimum absolute atomic E-state index is 0.133. The van der Waals surface area contributed by atoms with Crippen molar-refractivity contribution in [2.75, 3.05) is 20.7 Å². The third-order valence-corrected chi connectivity index (χ3v) is 2.35. The summed E-state index contributed by atoms with van der Waals surface area (Å²) in [5.74, 6) is -1.21. The van der Waals surface area contributed by atoms with Crippen molar-refractivity contribution in [3.05, 3.63) is 35.1 Å². The Kier molecular flexibility index (Phi) is 4.20. The summed E-state index contributed by atoms with van der Waals surface area (Å²) >= 11 is 0. The van der Waals surface area contributed by atoms with Crippen LogP contribution in [0.1, 0.15) is 15.9 Å².